The number of nitrogens with one attached hydrogen (secondary N) is 1. The minimum absolute atomic E-state index is 0.0302. The molecular weight excluding hydrogens is 594 g/mol. The zero-order chi connectivity index (χ0) is 32.8. The molecule has 1 saturated heterocycles. The van der Waals surface area contributed by atoms with Crippen molar-refractivity contribution in [1.29, 1.82) is 0 Å². The molecule has 0 radical (unpaired) electrons. The van der Waals surface area contributed by atoms with Crippen molar-refractivity contribution in [2.75, 3.05) is 44.3 Å². The number of para-hydroxylation sites is 2. The van der Waals surface area contributed by atoms with Gasteiger partial charge in [0.15, 0.2) is 6.61 Å². The van der Waals surface area contributed by atoms with E-state index in [0.29, 0.717) is 10.9 Å². The lowest BCUT2D eigenvalue weighted by Gasteiger charge is -2.35. The molecule has 0 aliphatic carbocycles. The monoisotopic (exact) mass is 631 g/mol. The number of fused-ring (bicyclic) bond motifs is 2. The summed E-state index contributed by atoms with van der Waals surface area (Å²) in [6.45, 7) is 4.56. The maximum absolute atomic E-state index is 13.5. The van der Waals surface area contributed by atoms with E-state index >= 15 is 0 Å². The highest BCUT2D eigenvalue weighted by Crippen LogP contribution is 2.32. The third kappa shape index (κ3) is 7.19. The van der Waals surface area contributed by atoms with Crippen molar-refractivity contribution >= 4 is 46.4 Å². The van der Waals surface area contributed by atoms with Crippen LogP contribution in [-0.4, -0.2) is 101 Å². The summed E-state index contributed by atoms with van der Waals surface area (Å²) in [6, 6.07) is 15.0. The number of aromatic nitrogens is 1. The van der Waals surface area contributed by atoms with Crippen molar-refractivity contribution in [1.82, 2.24) is 20.1 Å². The number of anilines is 1. The van der Waals surface area contributed by atoms with Gasteiger partial charge in [-0.25, -0.2) is 9.78 Å². The summed E-state index contributed by atoms with van der Waals surface area (Å²) < 4.78 is 11.0. The summed E-state index contributed by atoms with van der Waals surface area (Å²) in [5, 5.41) is 12.6. The summed E-state index contributed by atoms with van der Waals surface area (Å²) in [6.07, 6.45) is -0.210. The van der Waals surface area contributed by atoms with E-state index in [1.54, 1.807) is 36.1 Å². The third-order valence-corrected chi connectivity index (χ3v) is 8.11. The lowest BCUT2D eigenvalue weighted by atomic mass is 10.1. The molecule has 13 heteroatoms. The van der Waals surface area contributed by atoms with Crippen molar-refractivity contribution in [3.63, 3.8) is 0 Å². The fourth-order valence-electron chi connectivity index (χ4n) is 5.84. The highest BCUT2D eigenvalue weighted by molar-refractivity contribution is 6.00. The van der Waals surface area contributed by atoms with Crippen LogP contribution in [0.15, 0.2) is 54.6 Å². The Labute approximate surface area is 266 Å². The van der Waals surface area contributed by atoms with Gasteiger partial charge in [-0.3, -0.25) is 19.2 Å². The summed E-state index contributed by atoms with van der Waals surface area (Å²) in [5.74, 6) is -2.23. The van der Waals surface area contributed by atoms with Crippen LogP contribution in [0.5, 0.6) is 5.75 Å². The highest BCUT2D eigenvalue weighted by atomic mass is 16.6. The van der Waals surface area contributed by atoms with Gasteiger partial charge in [0.1, 0.15) is 17.5 Å². The second-order valence-electron chi connectivity index (χ2n) is 11.2. The topological polar surface area (TPSA) is 159 Å². The van der Waals surface area contributed by atoms with Gasteiger partial charge in [-0.15, -0.1) is 0 Å². The zero-order valence-electron chi connectivity index (χ0n) is 25.8. The van der Waals surface area contributed by atoms with Crippen LogP contribution >= 0.6 is 0 Å². The molecule has 1 fully saturated rings. The van der Waals surface area contributed by atoms with Gasteiger partial charge in [-0.1, -0.05) is 30.3 Å². The Hall–Kier alpha value is -5.20. The first-order chi connectivity index (χ1) is 22.2. The molecule has 2 atom stereocenters. The first-order valence-electron chi connectivity index (χ1n) is 15.3. The van der Waals surface area contributed by atoms with Crippen LogP contribution in [0.3, 0.4) is 0 Å². The molecule has 3 aromatic rings. The molecule has 1 unspecified atom stereocenters. The number of carbonyl (C=O) groups excluding carboxylic acids is 4. The van der Waals surface area contributed by atoms with E-state index in [0.717, 1.165) is 17.7 Å². The molecule has 13 nitrogen and oxygen atoms in total. The second kappa shape index (κ2) is 14.3. The van der Waals surface area contributed by atoms with E-state index in [9.17, 15) is 29.1 Å². The third-order valence-electron chi connectivity index (χ3n) is 8.11. The number of hydrogen-bond donors (Lipinski definition) is 2. The average molecular weight is 632 g/mol. The largest absolute Gasteiger partial charge is 0.483 e. The highest BCUT2D eigenvalue weighted by Gasteiger charge is 2.33. The molecule has 3 heterocycles. The minimum atomic E-state index is -1.14. The lowest BCUT2D eigenvalue weighted by Crippen LogP contribution is -2.56. The molecule has 4 amide bonds. The number of piperazine rings is 1. The number of carboxylic acid groups (broad SMARTS) is 1. The average Bonchev–Trinajstić information content (AvgIpc) is 3.40. The molecule has 5 rings (SSSR count). The maximum Gasteiger partial charge on any atom is 0.409 e. The number of nitrogens with zero attached hydrogens (tertiary/aromatic N) is 4. The van der Waals surface area contributed by atoms with Crippen LogP contribution in [0.25, 0.3) is 10.9 Å². The summed E-state index contributed by atoms with van der Waals surface area (Å²) in [7, 11) is 0. The number of amides is 4. The molecule has 0 bridgehead atoms. The quantitative estimate of drug-likeness (QED) is 0.343. The first kappa shape index (κ1) is 32.2. The van der Waals surface area contributed by atoms with E-state index in [2.05, 4.69) is 10.3 Å². The van der Waals surface area contributed by atoms with Crippen LogP contribution in [0.1, 0.15) is 42.7 Å². The Balaban J connectivity index is 1.31. The van der Waals surface area contributed by atoms with Crippen LogP contribution in [0.2, 0.25) is 0 Å². The molecule has 2 aliphatic rings. The predicted molar refractivity (Wildman–Crippen MR) is 168 cm³/mol. The molecule has 2 aromatic carbocycles. The van der Waals surface area contributed by atoms with Gasteiger partial charge in [-0.2, -0.15) is 0 Å². The maximum atomic E-state index is 13.5. The van der Waals surface area contributed by atoms with E-state index in [1.165, 1.54) is 15.9 Å². The Morgan fingerprint density at radius 3 is 2.43 bits per heavy atom. The molecule has 1 aromatic heterocycles. The van der Waals surface area contributed by atoms with Gasteiger partial charge in [0, 0.05) is 55.8 Å². The first-order valence-corrected chi connectivity index (χ1v) is 15.3. The number of hydrogen-bond acceptors (Lipinski definition) is 8. The molecule has 2 aliphatic heterocycles. The van der Waals surface area contributed by atoms with Crippen molar-refractivity contribution < 1.29 is 38.6 Å². The predicted octanol–water partition coefficient (Wildman–Crippen LogP) is 2.86. The van der Waals surface area contributed by atoms with Gasteiger partial charge in [0.05, 0.1) is 12.1 Å². The smallest absolute Gasteiger partial charge is 0.409 e. The Morgan fingerprint density at radius 1 is 1.00 bits per heavy atom. The lowest BCUT2D eigenvalue weighted by molar-refractivity contribution is -0.138. The number of carboxylic acids is 1. The van der Waals surface area contributed by atoms with E-state index in [4.69, 9.17) is 9.47 Å². The van der Waals surface area contributed by atoms with Crippen LogP contribution in [-0.2, 0) is 25.5 Å². The van der Waals surface area contributed by atoms with Crippen LogP contribution < -0.4 is 15.0 Å². The van der Waals surface area contributed by atoms with Gasteiger partial charge in [0.25, 0.3) is 11.8 Å². The fourth-order valence-corrected chi connectivity index (χ4v) is 5.84. The van der Waals surface area contributed by atoms with Crippen molar-refractivity contribution in [3.05, 3.63) is 65.9 Å². The molecule has 0 spiro atoms. The summed E-state index contributed by atoms with van der Waals surface area (Å²) in [4.78, 5) is 72.9. The summed E-state index contributed by atoms with van der Waals surface area (Å²) in [5.41, 5.74) is 2.33. The normalized spacial score (nSPS) is 16.5. The molecule has 242 valence electrons. The van der Waals surface area contributed by atoms with Gasteiger partial charge in [-0.05, 0) is 50.5 Å². The van der Waals surface area contributed by atoms with Gasteiger partial charge >= 0.3 is 12.1 Å². The zero-order valence-corrected chi connectivity index (χ0v) is 25.8. The van der Waals surface area contributed by atoms with Gasteiger partial charge in [0.2, 0.25) is 5.91 Å². The Morgan fingerprint density at radius 2 is 1.70 bits per heavy atom. The number of carbonyl (C=O) groups is 5. The number of aliphatic carboxylic acids is 1. The number of benzene rings is 2. The Bertz CT molecular complexity index is 1640. The standard InChI is InChI=1S/C33H37N5O8/c1-3-45-33(44)37-16-14-36(15-17-37)32(43)25(12-13-30(40)41)35-31(42)26-19-28(23-9-5-6-10-24(23)34-26)46-20-29(39)38-21(2)18-22-8-4-7-11-27(22)38/h4-11,19,21,25H,3,12-18,20H2,1-2H3,(H,35,42)(H,40,41)/t21?,25-/m0/s1. The van der Waals surface area contributed by atoms with Crippen molar-refractivity contribution in [3.8, 4) is 5.75 Å². The molecule has 46 heavy (non-hydrogen) atoms. The van der Waals surface area contributed by atoms with E-state index in [-0.39, 0.29) is 75.6 Å². The molecule has 0 saturated carbocycles. The Kier molecular flexibility index (Phi) is 9.99. The molecule has 2 N–H and O–H groups in total. The SMILES string of the molecule is CCOC(=O)N1CCN(C(=O)[C@H](CCC(=O)O)NC(=O)c2cc(OCC(=O)N3c4ccccc4CC3C)c3ccccc3n2)CC1. The van der Waals surface area contributed by atoms with Crippen LogP contribution in [0, 0.1) is 0 Å². The van der Waals surface area contributed by atoms with Crippen molar-refractivity contribution in [2.24, 2.45) is 0 Å². The molecular formula is C33H37N5O8. The van der Waals surface area contributed by atoms with Gasteiger partial charge < -0.3 is 34.6 Å². The number of ether oxygens (including phenoxy) is 2. The second-order valence-corrected chi connectivity index (χ2v) is 11.2. The minimum Gasteiger partial charge on any atom is -0.483 e. The van der Waals surface area contributed by atoms with E-state index < -0.39 is 29.9 Å². The summed E-state index contributed by atoms with van der Waals surface area (Å²) >= 11 is 0. The van der Waals surface area contributed by atoms with Crippen molar-refractivity contribution in [2.45, 2.75) is 45.2 Å². The fraction of sp³-hybridized carbons (Fsp3) is 0.394. The number of rotatable bonds is 10. The van der Waals surface area contributed by atoms with E-state index in [1.807, 2.05) is 31.2 Å². The number of pyridine rings is 1. The van der Waals surface area contributed by atoms with Crippen LogP contribution in [0.4, 0.5) is 10.5 Å².